The maximum absolute atomic E-state index is 12.3. The van der Waals surface area contributed by atoms with Crippen molar-refractivity contribution in [2.75, 3.05) is 0 Å². The predicted molar refractivity (Wildman–Crippen MR) is 102 cm³/mol. The van der Waals surface area contributed by atoms with Gasteiger partial charge in [-0.1, -0.05) is 42.5 Å². The molecule has 0 bridgehead atoms. The van der Waals surface area contributed by atoms with Crippen LogP contribution in [0.4, 0.5) is 4.79 Å². The summed E-state index contributed by atoms with van der Waals surface area (Å²) >= 11 is 1.60. The molecule has 1 N–H and O–H groups in total. The molecule has 1 heterocycles. The summed E-state index contributed by atoms with van der Waals surface area (Å²) in [5, 5.41) is 3.87. The average molecular weight is 354 g/mol. The molecule has 0 spiro atoms. The zero-order valence-corrected chi connectivity index (χ0v) is 15.5. The first kappa shape index (κ1) is 17.4. The summed E-state index contributed by atoms with van der Waals surface area (Å²) < 4.78 is 6.54. The monoisotopic (exact) mass is 354 g/mol. The van der Waals surface area contributed by atoms with Crippen molar-refractivity contribution >= 4 is 27.6 Å². The number of nitrogens with one attached hydrogen (secondary N) is 1. The lowest BCUT2D eigenvalue weighted by atomic mass is 10.1. The highest BCUT2D eigenvalue weighted by Crippen LogP contribution is 2.28. The minimum atomic E-state index is -0.533. The summed E-state index contributed by atoms with van der Waals surface area (Å²) in [4.78, 5) is 17.0. The average Bonchev–Trinajstić information content (AvgIpc) is 2.97. The van der Waals surface area contributed by atoms with Gasteiger partial charge < -0.3 is 10.1 Å². The third-order valence-electron chi connectivity index (χ3n) is 3.58. The van der Waals surface area contributed by atoms with Crippen molar-refractivity contribution in [3.63, 3.8) is 0 Å². The molecule has 4 nitrogen and oxygen atoms in total. The molecule has 1 amide bonds. The number of hydrogen-bond acceptors (Lipinski definition) is 4. The molecule has 0 saturated heterocycles. The summed E-state index contributed by atoms with van der Waals surface area (Å²) in [7, 11) is 0. The van der Waals surface area contributed by atoms with E-state index in [9.17, 15) is 4.79 Å². The van der Waals surface area contributed by atoms with E-state index in [4.69, 9.17) is 9.72 Å². The van der Waals surface area contributed by atoms with Crippen LogP contribution < -0.4 is 5.32 Å². The Bertz CT molecular complexity index is 820. The van der Waals surface area contributed by atoms with Gasteiger partial charge in [-0.2, -0.15) is 0 Å². The summed E-state index contributed by atoms with van der Waals surface area (Å²) in [5.74, 6) is 0. The minimum absolute atomic E-state index is 0.227. The Morgan fingerprint density at radius 1 is 1.12 bits per heavy atom. The summed E-state index contributed by atoms with van der Waals surface area (Å²) in [6, 6.07) is 17.9. The fraction of sp³-hybridized carbons (Fsp3) is 0.300. The first-order valence-electron chi connectivity index (χ1n) is 8.30. The second-order valence-electron chi connectivity index (χ2n) is 6.91. The first-order chi connectivity index (χ1) is 11.9. The van der Waals surface area contributed by atoms with Gasteiger partial charge in [0.1, 0.15) is 10.6 Å². The lowest BCUT2D eigenvalue weighted by molar-refractivity contribution is 0.0503. The van der Waals surface area contributed by atoms with Crippen LogP contribution in [0.3, 0.4) is 0 Å². The van der Waals surface area contributed by atoms with Gasteiger partial charge in [0.05, 0.1) is 16.3 Å². The van der Waals surface area contributed by atoms with Crippen molar-refractivity contribution in [1.29, 1.82) is 0 Å². The van der Waals surface area contributed by atoms with Gasteiger partial charge in [0, 0.05) is 0 Å². The number of ether oxygens (including phenoxy) is 1. The molecule has 3 rings (SSSR count). The van der Waals surface area contributed by atoms with E-state index in [0.717, 1.165) is 20.8 Å². The smallest absolute Gasteiger partial charge is 0.408 e. The molecule has 25 heavy (non-hydrogen) atoms. The lowest BCUT2D eigenvalue weighted by Gasteiger charge is -2.23. The van der Waals surface area contributed by atoms with Crippen molar-refractivity contribution in [3.8, 4) is 0 Å². The van der Waals surface area contributed by atoms with Crippen LogP contribution in [0.2, 0.25) is 0 Å². The van der Waals surface area contributed by atoms with Gasteiger partial charge in [0.25, 0.3) is 0 Å². The Morgan fingerprint density at radius 3 is 2.48 bits per heavy atom. The van der Waals surface area contributed by atoms with E-state index >= 15 is 0 Å². The third-order valence-corrected chi connectivity index (χ3v) is 4.73. The number of benzene rings is 2. The molecule has 0 aliphatic rings. The third kappa shape index (κ3) is 4.79. The van der Waals surface area contributed by atoms with Crippen LogP contribution >= 0.6 is 11.3 Å². The number of carbonyl (C=O) groups excluding carboxylic acids is 1. The number of fused-ring (bicyclic) bond motifs is 1. The van der Waals surface area contributed by atoms with E-state index in [1.165, 1.54) is 0 Å². The predicted octanol–water partition coefficient (Wildman–Crippen LogP) is 5.10. The molecular weight excluding hydrogens is 332 g/mol. The van der Waals surface area contributed by atoms with E-state index < -0.39 is 11.7 Å². The molecule has 2 aromatic carbocycles. The standard InChI is InChI=1S/C20H22N2O2S/c1-20(2,3)24-19(23)22-16(13-14-9-5-4-6-10-14)18-21-15-11-7-8-12-17(15)25-18/h4-12,16H,13H2,1-3H3,(H,22,23). The van der Waals surface area contributed by atoms with Gasteiger partial charge in [-0.15, -0.1) is 11.3 Å². The molecule has 1 atom stereocenters. The van der Waals surface area contributed by atoms with E-state index in [2.05, 4.69) is 17.4 Å². The van der Waals surface area contributed by atoms with Gasteiger partial charge in [0.15, 0.2) is 0 Å². The van der Waals surface area contributed by atoms with Crippen LogP contribution in [-0.2, 0) is 11.2 Å². The highest BCUT2D eigenvalue weighted by atomic mass is 32.1. The van der Waals surface area contributed by atoms with Crippen LogP contribution in [0, 0.1) is 0 Å². The highest BCUT2D eigenvalue weighted by Gasteiger charge is 2.23. The van der Waals surface area contributed by atoms with Crippen LogP contribution in [0.15, 0.2) is 54.6 Å². The van der Waals surface area contributed by atoms with E-state index in [1.54, 1.807) is 11.3 Å². The lowest BCUT2D eigenvalue weighted by Crippen LogP contribution is -2.35. The van der Waals surface area contributed by atoms with Gasteiger partial charge in [-0.3, -0.25) is 0 Å². The fourth-order valence-electron chi connectivity index (χ4n) is 2.54. The maximum atomic E-state index is 12.3. The number of nitrogens with zero attached hydrogens (tertiary/aromatic N) is 1. The molecule has 0 aliphatic carbocycles. The zero-order chi connectivity index (χ0) is 17.9. The molecule has 3 aromatic rings. The summed E-state index contributed by atoms with van der Waals surface area (Å²) in [5.41, 5.74) is 1.56. The van der Waals surface area contributed by atoms with Gasteiger partial charge in [-0.05, 0) is 44.9 Å². The largest absolute Gasteiger partial charge is 0.444 e. The molecule has 0 radical (unpaired) electrons. The molecule has 0 fully saturated rings. The SMILES string of the molecule is CC(C)(C)OC(=O)NC(Cc1ccccc1)c1nc2ccccc2s1. The van der Waals surface area contributed by atoms with Crippen LogP contribution in [0.5, 0.6) is 0 Å². The van der Waals surface area contributed by atoms with E-state index in [-0.39, 0.29) is 6.04 Å². The zero-order valence-electron chi connectivity index (χ0n) is 14.7. The topological polar surface area (TPSA) is 51.2 Å². The number of amides is 1. The Morgan fingerprint density at radius 2 is 1.80 bits per heavy atom. The number of hydrogen-bond donors (Lipinski definition) is 1. The number of aromatic nitrogens is 1. The first-order valence-corrected chi connectivity index (χ1v) is 9.11. The van der Waals surface area contributed by atoms with E-state index in [1.807, 2.05) is 63.2 Å². The van der Waals surface area contributed by atoms with Crippen molar-refractivity contribution in [3.05, 3.63) is 65.2 Å². The van der Waals surface area contributed by atoms with Crippen molar-refractivity contribution in [1.82, 2.24) is 10.3 Å². The molecular formula is C20H22N2O2S. The Kier molecular flexibility index (Phi) is 5.04. The van der Waals surface area contributed by atoms with E-state index in [0.29, 0.717) is 6.42 Å². The number of carbonyl (C=O) groups is 1. The van der Waals surface area contributed by atoms with Crippen molar-refractivity contribution < 1.29 is 9.53 Å². The summed E-state index contributed by atoms with van der Waals surface area (Å²) in [6.45, 7) is 5.57. The quantitative estimate of drug-likeness (QED) is 0.709. The normalized spacial score (nSPS) is 12.8. The highest BCUT2D eigenvalue weighted by molar-refractivity contribution is 7.18. The molecule has 130 valence electrons. The molecule has 0 saturated carbocycles. The van der Waals surface area contributed by atoms with Crippen molar-refractivity contribution in [2.45, 2.75) is 38.8 Å². The Balaban J connectivity index is 1.86. The number of para-hydroxylation sites is 1. The Labute approximate surface area is 151 Å². The second-order valence-corrected chi connectivity index (χ2v) is 7.97. The summed E-state index contributed by atoms with van der Waals surface area (Å²) in [6.07, 6.45) is 0.243. The van der Waals surface area contributed by atoms with Crippen LogP contribution in [0.25, 0.3) is 10.2 Å². The van der Waals surface area contributed by atoms with Gasteiger partial charge >= 0.3 is 6.09 Å². The molecule has 5 heteroatoms. The van der Waals surface area contributed by atoms with Crippen LogP contribution in [0.1, 0.15) is 37.4 Å². The van der Waals surface area contributed by atoms with Crippen LogP contribution in [-0.4, -0.2) is 16.7 Å². The number of alkyl carbamates (subject to hydrolysis) is 1. The fourth-order valence-corrected chi connectivity index (χ4v) is 3.56. The number of thiazole rings is 1. The van der Waals surface area contributed by atoms with Gasteiger partial charge in [-0.25, -0.2) is 9.78 Å². The minimum Gasteiger partial charge on any atom is -0.444 e. The molecule has 0 aliphatic heterocycles. The molecule has 1 aromatic heterocycles. The van der Waals surface area contributed by atoms with Crippen molar-refractivity contribution in [2.24, 2.45) is 0 Å². The Hall–Kier alpha value is -2.40. The number of rotatable bonds is 4. The second kappa shape index (κ2) is 7.23. The maximum Gasteiger partial charge on any atom is 0.408 e. The molecule has 1 unspecified atom stereocenters. The van der Waals surface area contributed by atoms with Gasteiger partial charge in [0.2, 0.25) is 0 Å².